The molecule has 3 aliphatic rings. The molecule has 3 unspecified atom stereocenters. The van der Waals surface area contributed by atoms with Crippen LogP contribution in [0.15, 0.2) is 11.1 Å². The maximum Gasteiger partial charge on any atom is -0.0149 e. The highest BCUT2D eigenvalue weighted by atomic mass is 14.6. The van der Waals surface area contributed by atoms with Gasteiger partial charge in [0.25, 0.3) is 0 Å². The Balaban J connectivity index is 1.99. The molecule has 0 amide bonds. The number of hydrogen-bond donors (Lipinski definition) is 0. The second-order valence-electron chi connectivity index (χ2n) is 7.40. The van der Waals surface area contributed by atoms with Crippen LogP contribution in [0.1, 0.15) is 59.8 Å². The highest BCUT2D eigenvalue weighted by Gasteiger charge is 2.52. The standard InChI is InChI=1S/C15H24/c1-10-12-9-14(2,3)7-11(12)8-15(4)6-5-13(10)15/h11,13H,5-9H2,1-4H3. The lowest BCUT2D eigenvalue weighted by Gasteiger charge is -2.53. The minimum Gasteiger partial charge on any atom is -0.0702 e. The summed E-state index contributed by atoms with van der Waals surface area (Å²) < 4.78 is 0. The molecule has 3 aliphatic carbocycles. The van der Waals surface area contributed by atoms with Gasteiger partial charge in [0.05, 0.1) is 0 Å². The number of rotatable bonds is 0. The van der Waals surface area contributed by atoms with Gasteiger partial charge in [-0.25, -0.2) is 0 Å². The van der Waals surface area contributed by atoms with Gasteiger partial charge < -0.3 is 0 Å². The smallest absolute Gasteiger partial charge is 0.0149 e. The van der Waals surface area contributed by atoms with Crippen molar-refractivity contribution >= 4 is 0 Å². The zero-order chi connectivity index (χ0) is 10.8. The van der Waals surface area contributed by atoms with Gasteiger partial charge in [-0.05, 0) is 61.7 Å². The zero-order valence-electron chi connectivity index (χ0n) is 10.7. The Morgan fingerprint density at radius 3 is 2.47 bits per heavy atom. The maximum atomic E-state index is 2.53. The molecule has 3 rings (SSSR count). The third kappa shape index (κ3) is 1.26. The number of fused-ring (bicyclic) bond motifs is 2. The molecule has 3 atom stereocenters. The highest BCUT2D eigenvalue weighted by Crippen LogP contribution is 2.63. The molecule has 0 bridgehead atoms. The van der Waals surface area contributed by atoms with Crippen LogP contribution in [0, 0.1) is 22.7 Å². The molecular weight excluding hydrogens is 180 g/mol. The van der Waals surface area contributed by atoms with E-state index in [9.17, 15) is 0 Å². The van der Waals surface area contributed by atoms with Gasteiger partial charge in [-0.2, -0.15) is 0 Å². The van der Waals surface area contributed by atoms with Crippen LogP contribution in [0.3, 0.4) is 0 Å². The number of hydrogen-bond acceptors (Lipinski definition) is 0. The van der Waals surface area contributed by atoms with Crippen LogP contribution in [0.25, 0.3) is 0 Å². The van der Waals surface area contributed by atoms with Gasteiger partial charge in [0.15, 0.2) is 0 Å². The lowest BCUT2D eigenvalue weighted by molar-refractivity contribution is 0.0390. The Kier molecular flexibility index (Phi) is 1.79. The summed E-state index contributed by atoms with van der Waals surface area (Å²) in [6.07, 6.45) is 7.28. The fraction of sp³-hybridized carbons (Fsp3) is 0.867. The second-order valence-corrected chi connectivity index (χ2v) is 7.40. The molecule has 0 aromatic heterocycles. The van der Waals surface area contributed by atoms with Gasteiger partial charge in [-0.1, -0.05) is 31.9 Å². The molecule has 0 nitrogen and oxygen atoms in total. The van der Waals surface area contributed by atoms with Crippen LogP contribution >= 0.6 is 0 Å². The SMILES string of the molecule is CC1=C2CC(C)(C)CC2CC2(C)CCC12. The van der Waals surface area contributed by atoms with E-state index in [2.05, 4.69) is 27.7 Å². The molecule has 0 aromatic carbocycles. The average Bonchev–Trinajstić information content (AvgIpc) is 2.37. The normalized spacial score (nSPS) is 47.2. The first-order valence-corrected chi connectivity index (χ1v) is 6.61. The zero-order valence-corrected chi connectivity index (χ0v) is 10.7. The quantitative estimate of drug-likeness (QED) is 0.507. The van der Waals surface area contributed by atoms with Crippen molar-refractivity contribution in [1.82, 2.24) is 0 Å². The predicted octanol–water partition coefficient (Wildman–Crippen LogP) is 4.56. The molecule has 0 N–H and O–H groups in total. The summed E-state index contributed by atoms with van der Waals surface area (Å²) in [5.74, 6) is 1.90. The van der Waals surface area contributed by atoms with E-state index in [0.29, 0.717) is 10.8 Å². The second kappa shape index (κ2) is 2.70. The van der Waals surface area contributed by atoms with Crippen molar-refractivity contribution in [1.29, 1.82) is 0 Å². The largest absolute Gasteiger partial charge is 0.0702 e. The summed E-state index contributed by atoms with van der Waals surface area (Å²) in [5.41, 5.74) is 4.94. The van der Waals surface area contributed by atoms with Crippen LogP contribution in [0.4, 0.5) is 0 Å². The summed E-state index contributed by atoms with van der Waals surface area (Å²) in [7, 11) is 0. The van der Waals surface area contributed by atoms with Crippen molar-refractivity contribution in [3.8, 4) is 0 Å². The Morgan fingerprint density at radius 1 is 1.13 bits per heavy atom. The molecule has 0 aromatic rings. The van der Waals surface area contributed by atoms with Crippen LogP contribution in [-0.2, 0) is 0 Å². The maximum absolute atomic E-state index is 2.53. The molecule has 0 heteroatoms. The molecule has 0 spiro atoms. The monoisotopic (exact) mass is 204 g/mol. The summed E-state index contributed by atoms with van der Waals surface area (Å²) in [4.78, 5) is 0. The molecule has 0 heterocycles. The van der Waals surface area contributed by atoms with Gasteiger partial charge in [-0.15, -0.1) is 0 Å². The molecular formula is C15H24. The molecule has 0 saturated heterocycles. The fourth-order valence-electron chi connectivity index (χ4n) is 4.73. The molecule has 15 heavy (non-hydrogen) atoms. The Hall–Kier alpha value is -0.260. The lowest BCUT2D eigenvalue weighted by Crippen LogP contribution is -2.43. The Bertz CT molecular complexity index is 334. The number of allylic oxidation sites excluding steroid dienone is 2. The van der Waals surface area contributed by atoms with Crippen molar-refractivity contribution < 1.29 is 0 Å². The van der Waals surface area contributed by atoms with E-state index >= 15 is 0 Å². The molecule has 84 valence electrons. The topological polar surface area (TPSA) is 0 Å². The summed E-state index contributed by atoms with van der Waals surface area (Å²) >= 11 is 0. The third-order valence-electron chi connectivity index (χ3n) is 5.55. The minimum absolute atomic E-state index is 0.585. The van der Waals surface area contributed by atoms with E-state index in [-0.39, 0.29) is 0 Å². The van der Waals surface area contributed by atoms with E-state index < -0.39 is 0 Å². The van der Waals surface area contributed by atoms with Crippen LogP contribution in [0.2, 0.25) is 0 Å². The Morgan fingerprint density at radius 2 is 1.87 bits per heavy atom. The van der Waals surface area contributed by atoms with E-state index in [4.69, 9.17) is 0 Å². The molecule has 2 saturated carbocycles. The fourth-order valence-corrected chi connectivity index (χ4v) is 4.73. The van der Waals surface area contributed by atoms with Crippen LogP contribution in [0.5, 0.6) is 0 Å². The van der Waals surface area contributed by atoms with E-state index in [1.54, 1.807) is 5.57 Å². The van der Waals surface area contributed by atoms with Gasteiger partial charge in [0.2, 0.25) is 0 Å². The van der Waals surface area contributed by atoms with E-state index in [0.717, 1.165) is 11.8 Å². The predicted molar refractivity (Wildman–Crippen MR) is 64.7 cm³/mol. The summed E-state index contributed by atoms with van der Waals surface area (Å²) in [5, 5.41) is 0. The van der Waals surface area contributed by atoms with Crippen molar-refractivity contribution in [2.45, 2.75) is 59.8 Å². The molecule has 0 aliphatic heterocycles. The van der Waals surface area contributed by atoms with Gasteiger partial charge in [0, 0.05) is 0 Å². The van der Waals surface area contributed by atoms with Gasteiger partial charge in [-0.3, -0.25) is 0 Å². The van der Waals surface area contributed by atoms with Crippen molar-refractivity contribution in [3.05, 3.63) is 11.1 Å². The lowest BCUT2D eigenvalue weighted by atomic mass is 9.52. The first-order chi connectivity index (χ1) is 6.91. The average molecular weight is 204 g/mol. The van der Waals surface area contributed by atoms with Crippen LogP contribution < -0.4 is 0 Å². The van der Waals surface area contributed by atoms with Crippen molar-refractivity contribution in [3.63, 3.8) is 0 Å². The summed E-state index contributed by atoms with van der Waals surface area (Å²) in [6, 6.07) is 0. The van der Waals surface area contributed by atoms with Crippen LogP contribution in [-0.4, -0.2) is 0 Å². The molecule has 2 fully saturated rings. The van der Waals surface area contributed by atoms with E-state index in [1.165, 1.54) is 32.1 Å². The summed E-state index contributed by atoms with van der Waals surface area (Å²) in [6.45, 7) is 9.88. The molecule has 0 radical (unpaired) electrons. The van der Waals surface area contributed by atoms with Gasteiger partial charge in [0.1, 0.15) is 0 Å². The van der Waals surface area contributed by atoms with Crippen molar-refractivity contribution in [2.24, 2.45) is 22.7 Å². The first kappa shape index (κ1) is 9.93. The van der Waals surface area contributed by atoms with Gasteiger partial charge >= 0.3 is 0 Å². The minimum atomic E-state index is 0.585. The highest BCUT2D eigenvalue weighted by molar-refractivity contribution is 5.31. The first-order valence-electron chi connectivity index (χ1n) is 6.61. The van der Waals surface area contributed by atoms with E-state index in [1.807, 2.05) is 5.57 Å². The Labute approximate surface area is 94.1 Å². The van der Waals surface area contributed by atoms with Crippen molar-refractivity contribution in [2.75, 3.05) is 0 Å². The third-order valence-corrected chi connectivity index (χ3v) is 5.55.